The molecule has 0 atom stereocenters. The lowest BCUT2D eigenvalue weighted by molar-refractivity contribution is 0.0713. The van der Waals surface area contributed by atoms with Crippen LogP contribution >= 0.6 is 0 Å². The van der Waals surface area contributed by atoms with Crippen molar-refractivity contribution < 1.29 is 13.5 Å². The van der Waals surface area contributed by atoms with Gasteiger partial charge in [-0.1, -0.05) is 0 Å². The Hall–Kier alpha value is -0.130. The van der Waals surface area contributed by atoms with Crippen LogP contribution in [-0.2, 0) is 9.84 Å². The molecule has 0 fully saturated rings. The van der Waals surface area contributed by atoms with Gasteiger partial charge in [0, 0.05) is 6.26 Å². The smallest absolute Gasteiger partial charge is 0.147 e. The van der Waals surface area contributed by atoms with Gasteiger partial charge in [0.1, 0.15) is 9.84 Å². The Labute approximate surface area is 86.6 Å². The van der Waals surface area contributed by atoms with Crippen LogP contribution in [0, 0.1) is 0 Å². The average molecular weight is 223 g/mol. The van der Waals surface area contributed by atoms with Crippen LogP contribution in [0.1, 0.15) is 26.7 Å². The van der Waals surface area contributed by atoms with Gasteiger partial charge in [0.2, 0.25) is 0 Å². The van der Waals surface area contributed by atoms with E-state index in [2.05, 4.69) is 5.32 Å². The molecule has 0 aromatic heterocycles. The molecule has 0 saturated carbocycles. The van der Waals surface area contributed by atoms with Crippen LogP contribution in [0.15, 0.2) is 0 Å². The second kappa shape index (κ2) is 5.68. The van der Waals surface area contributed by atoms with Crippen molar-refractivity contribution >= 4 is 9.84 Å². The lowest BCUT2D eigenvalue weighted by Gasteiger charge is -2.16. The first-order valence-electron chi connectivity index (χ1n) is 4.81. The van der Waals surface area contributed by atoms with Crippen LogP contribution in [-0.4, -0.2) is 44.2 Å². The molecule has 0 aliphatic rings. The molecule has 14 heavy (non-hydrogen) atoms. The second-order valence-corrected chi connectivity index (χ2v) is 6.56. The van der Waals surface area contributed by atoms with Crippen molar-refractivity contribution in [1.82, 2.24) is 5.32 Å². The third-order valence-electron chi connectivity index (χ3n) is 1.78. The fraction of sp³-hybridized carbons (Fsp3) is 1.00. The Balaban J connectivity index is 3.32. The monoisotopic (exact) mass is 223 g/mol. The van der Waals surface area contributed by atoms with Gasteiger partial charge in [-0.05, 0) is 39.8 Å². The molecule has 0 saturated heterocycles. The summed E-state index contributed by atoms with van der Waals surface area (Å²) in [5.74, 6) is 0.225. The maximum absolute atomic E-state index is 10.8. The molecule has 0 aliphatic heterocycles. The summed E-state index contributed by atoms with van der Waals surface area (Å²) in [5, 5.41) is 12.5. The zero-order chi connectivity index (χ0) is 11.2. The normalized spacial score (nSPS) is 13.1. The Morgan fingerprint density at radius 1 is 1.29 bits per heavy atom. The zero-order valence-corrected chi connectivity index (χ0v) is 10.0. The molecular weight excluding hydrogens is 202 g/mol. The Morgan fingerprint density at radius 3 is 2.29 bits per heavy atom. The highest BCUT2D eigenvalue weighted by atomic mass is 32.2. The summed E-state index contributed by atoms with van der Waals surface area (Å²) in [7, 11) is -2.83. The second-order valence-electron chi connectivity index (χ2n) is 4.30. The van der Waals surface area contributed by atoms with Gasteiger partial charge in [0.05, 0.1) is 11.4 Å². The number of hydrogen-bond donors (Lipinski definition) is 2. The van der Waals surface area contributed by atoms with Crippen molar-refractivity contribution in [2.24, 2.45) is 0 Å². The van der Waals surface area contributed by atoms with E-state index < -0.39 is 15.4 Å². The molecule has 0 amide bonds. The molecule has 2 N–H and O–H groups in total. The van der Waals surface area contributed by atoms with Gasteiger partial charge >= 0.3 is 0 Å². The third kappa shape index (κ3) is 11.9. The van der Waals surface area contributed by atoms with Crippen molar-refractivity contribution in [3.05, 3.63) is 0 Å². The van der Waals surface area contributed by atoms with Crippen LogP contribution in [0.4, 0.5) is 0 Å². The van der Waals surface area contributed by atoms with Crippen molar-refractivity contribution in [2.75, 3.05) is 25.1 Å². The molecule has 5 heteroatoms. The molecule has 0 aromatic rings. The van der Waals surface area contributed by atoms with Gasteiger partial charge in [0.25, 0.3) is 0 Å². The highest BCUT2D eigenvalue weighted by Gasteiger charge is 2.10. The van der Waals surface area contributed by atoms with Crippen LogP contribution < -0.4 is 5.32 Å². The highest BCUT2D eigenvalue weighted by Crippen LogP contribution is 2.04. The van der Waals surface area contributed by atoms with Gasteiger partial charge < -0.3 is 10.4 Å². The molecule has 0 unspecified atom stereocenters. The van der Waals surface area contributed by atoms with Gasteiger partial charge in [-0.3, -0.25) is 0 Å². The largest absolute Gasteiger partial charge is 0.390 e. The quantitative estimate of drug-likeness (QED) is 0.604. The average Bonchev–Trinajstić information content (AvgIpc) is 1.92. The summed E-state index contributed by atoms with van der Waals surface area (Å²) in [4.78, 5) is 0. The SMILES string of the molecule is CC(C)(O)CCNCCCS(C)(=O)=O. The first kappa shape index (κ1) is 13.9. The molecule has 0 spiro atoms. The van der Waals surface area contributed by atoms with Crippen LogP contribution in [0.2, 0.25) is 0 Å². The Kier molecular flexibility index (Phi) is 5.63. The van der Waals surface area contributed by atoms with Crippen molar-refractivity contribution in [2.45, 2.75) is 32.3 Å². The zero-order valence-electron chi connectivity index (χ0n) is 9.21. The summed E-state index contributed by atoms with van der Waals surface area (Å²) < 4.78 is 21.5. The van der Waals surface area contributed by atoms with Gasteiger partial charge in [0.15, 0.2) is 0 Å². The first-order chi connectivity index (χ1) is 6.21. The number of hydrogen-bond acceptors (Lipinski definition) is 4. The fourth-order valence-corrected chi connectivity index (χ4v) is 1.65. The standard InChI is InChI=1S/C9H21NO3S/c1-9(2,11)5-7-10-6-4-8-14(3,12)13/h10-11H,4-8H2,1-3H3. The lowest BCUT2D eigenvalue weighted by atomic mass is 10.1. The van der Waals surface area contributed by atoms with Gasteiger partial charge in [-0.2, -0.15) is 0 Å². The summed E-state index contributed by atoms with van der Waals surface area (Å²) in [6.45, 7) is 4.91. The molecule has 0 rings (SSSR count). The van der Waals surface area contributed by atoms with Crippen LogP contribution in [0.5, 0.6) is 0 Å². The van der Waals surface area contributed by atoms with Crippen LogP contribution in [0.3, 0.4) is 0 Å². The van der Waals surface area contributed by atoms with E-state index in [-0.39, 0.29) is 5.75 Å². The van der Waals surface area contributed by atoms with Crippen molar-refractivity contribution in [3.63, 3.8) is 0 Å². The molecule has 0 heterocycles. The summed E-state index contributed by atoms with van der Waals surface area (Å²) in [5.41, 5.74) is -0.649. The summed E-state index contributed by atoms with van der Waals surface area (Å²) in [6, 6.07) is 0. The van der Waals surface area contributed by atoms with E-state index in [1.165, 1.54) is 6.26 Å². The van der Waals surface area contributed by atoms with E-state index in [0.717, 1.165) is 0 Å². The minimum Gasteiger partial charge on any atom is -0.390 e. The minimum atomic E-state index is -2.83. The van der Waals surface area contributed by atoms with Crippen molar-refractivity contribution in [3.8, 4) is 0 Å². The number of rotatable bonds is 7. The Morgan fingerprint density at radius 2 is 1.86 bits per heavy atom. The summed E-state index contributed by atoms with van der Waals surface area (Å²) >= 11 is 0. The molecule has 0 aromatic carbocycles. The van der Waals surface area contributed by atoms with E-state index in [4.69, 9.17) is 0 Å². The van der Waals surface area contributed by atoms with Gasteiger partial charge in [-0.15, -0.1) is 0 Å². The number of aliphatic hydroxyl groups is 1. The molecule has 0 aliphatic carbocycles. The molecular formula is C9H21NO3S. The fourth-order valence-electron chi connectivity index (χ4n) is 0.979. The topological polar surface area (TPSA) is 66.4 Å². The third-order valence-corrected chi connectivity index (χ3v) is 2.81. The molecule has 86 valence electrons. The first-order valence-corrected chi connectivity index (χ1v) is 6.88. The minimum absolute atomic E-state index is 0.225. The van der Waals surface area contributed by atoms with Gasteiger partial charge in [-0.25, -0.2) is 8.42 Å². The molecule has 0 bridgehead atoms. The number of sulfone groups is 1. The predicted octanol–water partition coefficient (Wildman–Crippen LogP) is 0.172. The number of nitrogens with one attached hydrogen (secondary N) is 1. The maximum Gasteiger partial charge on any atom is 0.147 e. The van der Waals surface area contributed by atoms with E-state index in [0.29, 0.717) is 25.9 Å². The van der Waals surface area contributed by atoms with E-state index in [1.54, 1.807) is 13.8 Å². The van der Waals surface area contributed by atoms with E-state index in [1.807, 2.05) is 0 Å². The van der Waals surface area contributed by atoms with E-state index in [9.17, 15) is 13.5 Å². The summed E-state index contributed by atoms with van der Waals surface area (Å²) in [6.07, 6.45) is 2.54. The molecule has 0 radical (unpaired) electrons. The van der Waals surface area contributed by atoms with Crippen molar-refractivity contribution in [1.29, 1.82) is 0 Å². The van der Waals surface area contributed by atoms with E-state index >= 15 is 0 Å². The highest BCUT2D eigenvalue weighted by molar-refractivity contribution is 7.90. The molecule has 4 nitrogen and oxygen atoms in total. The lowest BCUT2D eigenvalue weighted by Crippen LogP contribution is -2.27. The maximum atomic E-state index is 10.8. The predicted molar refractivity (Wildman–Crippen MR) is 58.1 cm³/mol. The Bertz CT molecular complexity index is 241. The van der Waals surface area contributed by atoms with Crippen LogP contribution in [0.25, 0.3) is 0 Å².